The Hall–Kier alpha value is -2.69. The van der Waals surface area contributed by atoms with Crippen LogP contribution >= 0.6 is 22.6 Å². The average molecular weight is 465 g/mol. The van der Waals surface area contributed by atoms with E-state index in [1.165, 1.54) is 4.68 Å². The second-order valence-electron chi connectivity index (χ2n) is 5.32. The number of carbonyl (C=O) groups excluding carboxylic acids is 1. The van der Waals surface area contributed by atoms with E-state index in [9.17, 15) is 4.79 Å². The maximum Gasteiger partial charge on any atom is 0.262 e. The summed E-state index contributed by atoms with van der Waals surface area (Å²) in [6, 6.07) is 12.7. The largest absolute Gasteiger partial charge is 0.494 e. The standard InChI is InChI=1S/C17H16IN5O3/c1-11-20-21-22-23(11)15-9-13(5-8-16(15)25-2)19-17(24)10-26-14-6-3-12(18)4-7-14/h3-9H,10H2,1-2H3,(H,19,24). The smallest absolute Gasteiger partial charge is 0.262 e. The molecule has 1 aromatic heterocycles. The number of aryl methyl sites for hydroxylation is 1. The summed E-state index contributed by atoms with van der Waals surface area (Å²) in [5, 5.41) is 14.2. The molecule has 3 rings (SSSR count). The van der Waals surface area contributed by atoms with Crippen molar-refractivity contribution in [1.29, 1.82) is 0 Å². The lowest BCUT2D eigenvalue weighted by molar-refractivity contribution is -0.118. The van der Waals surface area contributed by atoms with Gasteiger partial charge >= 0.3 is 0 Å². The third-order valence-corrected chi connectivity index (χ3v) is 4.22. The minimum Gasteiger partial charge on any atom is -0.494 e. The molecule has 0 radical (unpaired) electrons. The SMILES string of the molecule is COc1ccc(NC(=O)COc2ccc(I)cc2)cc1-n1nnnc1C. The molecule has 0 fully saturated rings. The predicted octanol–water partition coefficient (Wildman–Crippen LogP) is 2.60. The van der Waals surface area contributed by atoms with E-state index in [1.807, 2.05) is 24.3 Å². The Morgan fingerprint density at radius 1 is 1.23 bits per heavy atom. The molecule has 1 heterocycles. The molecule has 26 heavy (non-hydrogen) atoms. The summed E-state index contributed by atoms with van der Waals surface area (Å²) in [5.74, 6) is 1.57. The van der Waals surface area contributed by atoms with Crippen LogP contribution in [0.3, 0.4) is 0 Å². The van der Waals surface area contributed by atoms with E-state index in [0.717, 1.165) is 3.57 Å². The van der Waals surface area contributed by atoms with Crippen molar-refractivity contribution in [2.75, 3.05) is 19.0 Å². The van der Waals surface area contributed by atoms with Gasteiger partial charge in [-0.1, -0.05) is 0 Å². The number of rotatable bonds is 6. The molecule has 0 atom stereocenters. The van der Waals surface area contributed by atoms with Gasteiger partial charge in [-0.3, -0.25) is 4.79 Å². The Kier molecular flexibility index (Phi) is 5.66. The molecule has 1 amide bonds. The molecule has 1 N–H and O–H groups in total. The average Bonchev–Trinajstić information content (AvgIpc) is 3.07. The van der Waals surface area contributed by atoms with Crippen LogP contribution in [-0.4, -0.2) is 39.8 Å². The number of aromatic nitrogens is 4. The fourth-order valence-corrected chi connectivity index (χ4v) is 2.62. The number of anilines is 1. The van der Waals surface area contributed by atoms with E-state index >= 15 is 0 Å². The fraction of sp³-hybridized carbons (Fsp3) is 0.176. The summed E-state index contributed by atoms with van der Waals surface area (Å²) in [4.78, 5) is 12.2. The van der Waals surface area contributed by atoms with Crippen molar-refractivity contribution in [3.05, 3.63) is 51.9 Å². The second kappa shape index (κ2) is 8.13. The summed E-state index contributed by atoms with van der Waals surface area (Å²) in [7, 11) is 1.56. The van der Waals surface area contributed by atoms with Crippen LogP contribution in [0.1, 0.15) is 5.82 Å². The number of carbonyl (C=O) groups is 1. The van der Waals surface area contributed by atoms with Crippen molar-refractivity contribution in [1.82, 2.24) is 20.2 Å². The van der Waals surface area contributed by atoms with Crippen LogP contribution in [-0.2, 0) is 4.79 Å². The quantitative estimate of drug-likeness (QED) is 0.563. The molecular weight excluding hydrogens is 449 g/mol. The number of hydrogen-bond acceptors (Lipinski definition) is 6. The summed E-state index contributed by atoms with van der Waals surface area (Å²) >= 11 is 2.21. The molecule has 0 bridgehead atoms. The normalized spacial score (nSPS) is 10.4. The minimum atomic E-state index is -0.270. The first-order valence-corrected chi connectivity index (χ1v) is 8.76. The van der Waals surface area contributed by atoms with E-state index in [4.69, 9.17) is 9.47 Å². The van der Waals surface area contributed by atoms with Gasteiger partial charge in [0.05, 0.1) is 7.11 Å². The number of amides is 1. The van der Waals surface area contributed by atoms with Gasteiger partial charge in [-0.25, -0.2) is 0 Å². The summed E-state index contributed by atoms with van der Waals surface area (Å²) in [5.41, 5.74) is 1.22. The van der Waals surface area contributed by atoms with Crippen molar-refractivity contribution in [2.24, 2.45) is 0 Å². The molecule has 3 aromatic rings. The Morgan fingerprint density at radius 3 is 2.65 bits per heavy atom. The van der Waals surface area contributed by atoms with Gasteiger partial charge < -0.3 is 14.8 Å². The molecule has 0 unspecified atom stereocenters. The third kappa shape index (κ3) is 4.28. The molecule has 9 heteroatoms. The van der Waals surface area contributed by atoms with E-state index in [0.29, 0.717) is 28.7 Å². The van der Waals surface area contributed by atoms with Gasteiger partial charge in [-0.2, -0.15) is 4.68 Å². The topological polar surface area (TPSA) is 91.2 Å². The summed E-state index contributed by atoms with van der Waals surface area (Å²) in [6.07, 6.45) is 0. The van der Waals surface area contributed by atoms with Crippen LogP contribution in [0.25, 0.3) is 5.69 Å². The van der Waals surface area contributed by atoms with Gasteiger partial charge in [-0.05, 0) is 82.4 Å². The molecule has 2 aromatic carbocycles. The number of ether oxygens (including phenoxy) is 2. The molecule has 8 nitrogen and oxygen atoms in total. The van der Waals surface area contributed by atoms with Gasteiger partial charge in [0.25, 0.3) is 5.91 Å². The highest BCUT2D eigenvalue weighted by Gasteiger charge is 2.12. The molecule has 134 valence electrons. The number of tetrazole rings is 1. The van der Waals surface area contributed by atoms with Gasteiger partial charge in [-0.15, -0.1) is 5.10 Å². The lowest BCUT2D eigenvalue weighted by Gasteiger charge is -2.12. The van der Waals surface area contributed by atoms with E-state index < -0.39 is 0 Å². The first kappa shape index (κ1) is 18.1. The molecule has 0 saturated carbocycles. The zero-order valence-corrected chi connectivity index (χ0v) is 16.3. The molecule has 0 spiro atoms. The van der Waals surface area contributed by atoms with Crippen molar-refractivity contribution in [3.63, 3.8) is 0 Å². The van der Waals surface area contributed by atoms with E-state index in [-0.39, 0.29) is 12.5 Å². The zero-order chi connectivity index (χ0) is 18.5. The molecule has 0 aliphatic heterocycles. The molecule has 0 saturated heterocycles. The second-order valence-corrected chi connectivity index (χ2v) is 6.56. The number of halogens is 1. The molecule has 0 aliphatic carbocycles. The number of nitrogens with zero attached hydrogens (tertiary/aromatic N) is 4. The highest BCUT2D eigenvalue weighted by molar-refractivity contribution is 14.1. The minimum absolute atomic E-state index is 0.0914. The van der Waals surface area contributed by atoms with Crippen LogP contribution in [0, 0.1) is 10.5 Å². The zero-order valence-electron chi connectivity index (χ0n) is 14.1. The first-order valence-electron chi connectivity index (χ1n) is 7.68. The van der Waals surface area contributed by atoms with Crippen LogP contribution in [0.4, 0.5) is 5.69 Å². The third-order valence-electron chi connectivity index (χ3n) is 3.50. The van der Waals surface area contributed by atoms with Crippen LogP contribution in [0.2, 0.25) is 0 Å². The van der Waals surface area contributed by atoms with Crippen LogP contribution in [0.5, 0.6) is 11.5 Å². The monoisotopic (exact) mass is 465 g/mol. The van der Waals surface area contributed by atoms with Gasteiger partial charge in [0.15, 0.2) is 12.4 Å². The maximum absolute atomic E-state index is 12.2. The Bertz CT molecular complexity index is 911. The summed E-state index contributed by atoms with van der Waals surface area (Å²) in [6.45, 7) is 1.69. The van der Waals surface area contributed by atoms with Crippen molar-refractivity contribution < 1.29 is 14.3 Å². The van der Waals surface area contributed by atoms with Gasteiger partial charge in [0, 0.05) is 9.26 Å². The van der Waals surface area contributed by atoms with E-state index in [1.54, 1.807) is 32.2 Å². The van der Waals surface area contributed by atoms with Gasteiger partial charge in [0.2, 0.25) is 0 Å². The number of nitrogens with one attached hydrogen (secondary N) is 1. The van der Waals surface area contributed by atoms with Gasteiger partial charge in [0.1, 0.15) is 17.2 Å². The lowest BCUT2D eigenvalue weighted by atomic mass is 10.2. The molecular formula is C17H16IN5O3. The number of methoxy groups -OCH3 is 1. The van der Waals surface area contributed by atoms with Crippen molar-refractivity contribution in [3.8, 4) is 17.2 Å². The Labute approximate surface area is 163 Å². The fourth-order valence-electron chi connectivity index (χ4n) is 2.26. The molecule has 0 aliphatic rings. The number of hydrogen-bond donors (Lipinski definition) is 1. The Morgan fingerprint density at radius 2 is 2.00 bits per heavy atom. The first-order chi connectivity index (χ1) is 12.6. The Balaban J connectivity index is 1.70. The highest BCUT2D eigenvalue weighted by Crippen LogP contribution is 2.26. The van der Waals surface area contributed by atoms with E-state index in [2.05, 4.69) is 43.4 Å². The van der Waals surface area contributed by atoms with Crippen molar-refractivity contribution in [2.45, 2.75) is 6.92 Å². The highest BCUT2D eigenvalue weighted by atomic mass is 127. The maximum atomic E-state index is 12.2. The van der Waals surface area contributed by atoms with Crippen molar-refractivity contribution >= 4 is 34.2 Å². The lowest BCUT2D eigenvalue weighted by Crippen LogP contribution is -2.20. The number of benzene rings is 2. The summed E-state index contributed by atoms with van der Waals surface area (Å²) < 4.78 is 13.5. The van der Waals surface area contributed by atoms with Crippen LogP contribution in [0.15, 0.2) is 42.5 Å². The predicted molar refractivity (Wildman–Crippen MR) is 104 cm³/mol. The van der Waals surface area contributed by atoms with Crippen LogP contribution < -0.4 is 14.8 Å².